The van der Waals surface area contributed by atoms with E-state index in [2.05, 4.69) is 34.3 Å². The maximum absolute atomic E-state index is 12.1. The van der Waals surface area contributed by atoms with Crippen molar-refractivity contribution in [3.8, 4) is 0 Å². The molecule has 2 aliphatic heterocycles. The lowest BCUT2D eigenvalue weighted by Gasteiger charge is -2.34. The minimum Gasteiger partial charge on any atom is -0.494 e. The van der Waals surface area contributed by atoms with Crippen molar-refractivity contribution < 1.29 is 14.3 Å². The van der Waals surface area contributed by atoms with E-state index >= 15 is 0 Å². The zero-order chi connectivity index (χ0) is 16.2. The molecule has 0 aromatic heterocycles. The molecule has 1 amide bonds. The summed E-state index contributed by atoms with van der Waals surface area (Å²) in [6, 6.07) is 6.12. The van der Waals surface area contributed by atoms with Crippen LogP contribution in [0.3, 0.4) is 0 Å². The molecule has 23 heavy (non-hydrogen) atoms. The van der Waals surface area contributed by atoms with Gasteiger partial charge >= 0.3 is 0 Å². The van der Waals surface area contributed by atoms with Gasteiger partial charge in [0, 0.05) is 37.6 Å². The molecule has 3 rings (SSSR count). The predicted molar refractivity (Wildman–Crippen MR) is 89.5 cm³/mol. The first-order chi connectivity index (χ1) is 11.1. The molecule has 6 nitrogen and oxygen atoms in total. The van der Waals surface area contributed by atoms with Crippen molar-refractivity contribution in [1.82, 2.24) is 4.90 Å². The van der Waals surface area contributed by atoms with Crippen molar-refractivity contribution in [3.63, 3.8) is 0 Å². The van der Waals surface area contributed by atoms with Gasteiger partial charge in [-0.05, 0) is 37.7 Å². The molecule has 0 aliphatic carbocycles. The summed E-state index contributed by atoms with van der Waals surface area (Å²) in [6.45, 7) is 7.09. The van der Waals surface area contributed by atoms with Crippen molar-refractivity contribution in [2.24, 2.45) is 0 Å². The molecule has 0 spiro atoms. The number of nitrogens with one attached hydrogen (secondary N) is 1. The molecule has 124 valence electrons. The normalized spacial score (nSPS) is 18.7. The molecule has 0 atom stereocenters. The predicted octanol–water partition coefficient (Wildman–Crippen LogP) is 1.57. The number of benzene rings is 1. The van der Waals surface area contributed by atoms with E-state index in [1.807, 2.05) is 13.0 Å². The third kappa shape index (κ3) is 3.76. The zero-order valence-electron chi connectivity index (χ0n) is 13.7. The number of carbonyl (C=O) groups is 1. The number of hydrogen-bond acceptors (Lipinski definition) is 5. The molecule has 1 N–H and O–H groups in total. The van der Waals surface area contributed by atoms with Gasteiger partial charge in [-0.2, -0.15) is 0 Å². The summed E-state index contributed by atoms with van der Waals surface area (Å²) in [6.07, 6.45) is 1.37. The number of nitrogens with zero attached hydrogens (tertiary/aromatic N) is 2. The fraction of sp³-hybridized carbons (Fsp3) is 0.471. The van der Waals surface area contributed by atoms with Crippen LogP contribution in [0, 0.1) is 6.92 Å². The molecule has 6 heteroatoms. The first-order valence-electron chi connectivity index (χ1n) is 7.93. The Bertz CT molecular complexity index is 607. The smallest absolute Gasteiger partial charge is 0.294 e. The molecule has 1 aromatic carbocycles. The van der Waals surface area contributed by atoms with Gasteiger partial charge in [0.25, 0.3) is 5.91 Å². The van der Waals surface area contributed by atoms with Gasteiger partial charge in [0.1, 0.15) is 19.5 Å². The second kappa shape index (κ2) is 6.91. The van der Waals surface area contributed by atoms with E-state index in [-0.39, 0.29) is 11.7 Å². The molecule has 0 saturated carbocycles. The molecule has 0 unspecified atom stereocenters. The van der Waals surface area contributed by atoms with Gasteiger partial charge in [0.15, 0.2) is 0 Å². The van der Waals surface area contributed by atoms with Crippen LogP contribution in [0.15, 0.2) is 30.2 Å². The summed E-state index contributed by atoms with van der Waals surface area (Å²) >= 11 is 0. The molecule has 1 aromatic rings. The number of amides is 1. The number of carbonyl (C=O) groups excluding carboxylic acids is 1. The van der Waals surface area contributed by atoms with Crippen LogP contribution in [0.25, 0.3) is 0 Å². The lowest BCUT2D eigenvalue weighted by atomic mass is 10.1. The number of piperazine rings is 1. The van der Waals surface area contributed by atoms with E-state index in [9.17, 15) is 4.79 Å². The Labute approximate surface area is 136 Å². The van der Waals surface area contributed by atoms with Crippen molar-refractivity contribution in [3.05, 3.63) is 35.8 Å². The molecule has 1 saturated heterocycles. The lowest BCUT2D eigenvalue weighted by Crippen LogP contribution is -2.44. The van der Waals surface area contributed by atoms with Crippen LogP contribution in [0.5, 0.6) is 0 Å². The van der Waals surface area contributed by atoms with Crippen molar-refractivity contribution in [2.75, 3.05) is 56.7 Å². The SMILES string of the molecule is Cc1cc(N2CCN(C)CC2)ccc1NC(=O)C1=COCCO1. The van der Waals surface area contributed by atoms with E-state index in [4.69, 9.17) is 9.47 Å². The van der Waals surface area contributed by atoms with Crippen molar-refractivity contribution in [1.29, 1.82) is 0 Å². The van der Waals surface area contributed by atoms with Gasteiger partial charge in [-0.25, -0.2) is 0 Å². The maximum Gasteiger partial charge on any atom is 0.294 e. The Morgan fingerprint density at radius 3 is 2.61 bits per heavy atom. The van der Waals surface area contributed by atoms with Gasteiger partial charge in [-0.15, -0.1) is 0 Å². The summed E-state index contributed by atoms with van der Waals surface area (Å²) < 4.78 is 10.4. The van der Waals surface area contributed by atoms with Crippen LogP contribution in [0.1, 0.15) is 5.56 Å². The van der Waals surface area contributed by atoms with Gasteiger partial charge in [0.05, 0.1) is 0 Å². The average molecular weight is 317 g/mol. The fourth-order valence-electron chi connectivity index (χ4n) is 2.72. The fourth-order valence-corrected chi connectivity index (χ4v) is 2.72. The van der Waals surface area contributed by atoms with Crippen LogP contribution in [0.2, 0.25) is 0 Å². The van der Waals surface area contributed by atoms with Crippen LogP contribution < -0.4 is 10.2 Å². The quantitative estimate of drug-likeness (QED) is 0.917. The van der Waals surface area contributed by atoms with E-state index in [1.165, 1.54) is 11.9 Å². The van der Waals surface area contributed by atoms with Crippen molar-refractivity contribution >= 4 is 17.3 Å². The van der Waals surface area contributed by atoms with Crippen molar-refractivity contribution in [2.45, 2.75) is 6.92 Å². The topological polar surface area (TPSA) is 54.0 Å². The van der Waals surface area contributed by atoms with Crippen LogP contribution >= 0.6 is 0 Å². The highest BCUT2D eigenvalue weighted by atomic mass is 16.6. The highest BCUT2D eigenvalue weighted by Gasteiger charge is 2.18. The van der Waals surface area contributed by atoms with Gasteiger partial charge in [-0.3, -0.25) is 4.79 Å². The Kier molecular flexibility index (Phi) is 4.71. The largest absolute Gasteiger partial charge is 0.494 e. The standard InChI is InChI=1S/C17H23N3O3/c1-13-11-14(20-7-5-19(2)6-8-20)3-4-15(13)18-17(21)16-12-22-9-10-23-16/h3-4,11-12H,5-10H2,1-2H3,(H,18,21). The summed E-state index contributed by atoms with van der Waals surface area (Å²) in [7, 11) is 2.15. The Morgan fingerprint density at radius 1 is 1.17 bits per heavy atom. The van der Waals surface area contributed by atoms with Gasteiger partial charge in [0.2, 0.25) is 5.76 Å². The monoisotopic (exact) mass is 317 g/mol. The van der Waals surface area contributed by atoms with E-state index in [1.54, 1.807) is 0 Å². The number of rotatable bonds is 3. The van der Waals surface area contributed by atoms with Crippen LogP contribution in [0.4, 0.5) is 11.4 Å². The molecular formula is C17H23N3O3. The minimum absolute atomic E-state index is 0.221. The van der Waals surface area contributed by atoms with Crippen LogP contribution in [-0.2, 0) is 14.3 Å². The molecular weight excluding hydrogens is 294 g/mol. The van der Waals surface area contributed by atoms with Gasteiger partial charge < -0.3 is 24.6 Å². The maximum atomic E-state index is 12.1. The number of ether oxygens (including phenoxy) is 2. The third-order valence-electron chi connectivity index (χ3n) is 4.20. The number of likely N-dealkylation sites (N-methyl/N-ethyl adjacent to an activating group) is 1. The average Bonchev–Trinajstić information content (AvgIpc) is 2.58. The Balaban J connectivity index is 1.67. The van der Waals surface area contributed by atoms with Crippen LogP contribution in [-0.4, -0.2) is 57.2 Å². The summed E-state index contributed by atoms with van der Waals surface area (Å²) in [4.78, 5) is 16.8. The summed E-state index contributed by atoms with van der Waals surface area (Å²) in [5.74, 6) is -0.0565. The molecule has 0 bridgehead atoms. The highest BCUT2D eigenvalue weighted by Crippen LogP contribution is 2.24. The third-order valence-corrected chi connectivity index (χ3v) is 4.20. The first-order valence-corrected chi connectivity index (χ1v) is 7.93. The molecule has 0 radical (unpaired) electrons. The highest BCUT2D eigenvalue weighted by molar-refractivity contribution is 6.02. The second-order valence-electron chi connectivity index (χ2n) is 5.95. The van der Waals surface area contributed by atoms with Gasteiger partial charge in [-0.1, -0.05) is 0 Å². The Hall–Kier alpha value is -2.21. The zero-order valence-corrected chi connectivity index (χ0v) is 13.7. The Morgan fingerprint density at radius 2 is 1.96 bits per heavy atom. The first kappa shape index (κ1) is 15.7. The number of hydrogen-bond donors (Lipinski definition) is 1. The van der Waals surface area contributed by atoms with E-state index in [0.717, 1.165) is 37.4 Å². The lowest BCUT2D eigenvalue weighted by molar-refractivity contribution is -0.117. The van der Waals surface area contributed by atoms with E-state index in [0.29, 0.717) is 13.2 Å². The summed E-state index contributed by atoms with van der Waals surface area (Å²) in [5, 5.41) is 2.88. The summed E-state index contributed by atoms with van der Waals surface area (Å²) in [5.41, 5.74) is 3.03. The minimum atomic E-state index is -0.278. The molecule has 2 aliphatic rings. The number of anilines is 2. The molecule has 1 fully saturated rings. The molecule has 2 heterocycles. The second-order valence-corrected chi connectivity index (χ2v) is 5.95. The van der Waals surface area contributed by atoms with E-state index < -0.39 is 0 Å². The number of aryl methyl sites for hydroxylation is 1.